The number of anilines is 1. The van der Waals surface area contributed by atoms with E-state index in [0.29, 0.717) is 0 Å². The quantitative estimate of drug-likeness (QED) is 0.681. The number of nitrogens with two attached hydrogens (primary N) is 1. The Morgan fingerprint density at radius 1 is 1.42 bits per heavy atom. The molecule has 0 amide bonds. The second kappa shape index (κ2) is 3.48. The summed E-state index contributed by atoms with van der Waals surface area (Å²) < 4.78 is 5.22. The van der Waals surface area contributed by atoms with Crippen molar-refractivity contribution in [2.45, 2.75) is 20.3 Å². The highest BCUT2D eigenvalue weighted by Gasteiger charge is 2.03. The topological polar surface area (TPSA) is 35.2 Å². The van der Waals surface area contributed by atoms with Gasteiger partial charge in [0.25, 0.3) is 0 Å². The molecule has 66 valence electrons. The smallest absolute Gasteiger partial charge is 0.122 e. The Bertz CT molecular complexity index is 252. The molecule has 0 unspecified atom stereocenters. The van der Waals surface area contributed by atoms with Crippen molar-refractivity contribution in [1.82, 2.24) is 0 Å². The van der Waals surface area contributed by atoms with Gasteiger partial charge in [0.2, 0.25) is 0 Å². The SMILES string of the molecule is CCc1cc(N)c(C)cc1OC. The molecule has 1 aromatic rings. The molecule has 0 aromatic heterocycles. The minimum Gasteiger partial charge on any atom is -0.496 e. The third kappa shape index (κ3) is 1.52. The molecule has 1 aromatic carbocycles. The number of rotatable bonds is 2. The average molecular weight is 165 g/mol. The Morgan fingerprint density at radius 2 is 2.08 bits per heavy atom. The number of methoxy groups -OCH3 is 1. The van der Waals surface area contributed by atoms with E-state index in [-0.39, 0.29) is 0 Å². The van der Waals surface area contributed by atoms with Crippen LogP contribution in [-0.2, 0) is 6.42 Å². The molecule has 0 saturated heterocycles. The van der Waals surface area contributed by atoms with Crippen molar-refractivity contribution in [3.8, 4) is 5.75 Å². The maximum Gasteiger partial charge on any atom is 0.122 e. The van der Waals surface area contributed by atoms with Crippen molar-refractivity contribution in [3.63, 3.8) is 0 Å². The second-order valence-corrected chi connectivity index (χ2v) is 2.87. The molecule has 0 saturated carbocycles. The molecule has 2 nitrogen and oxygen atoms in total. The lowest BCUT2D eigenvalue weighted by molar-refractivity contribution is 0.410. The van der Waals surface area contributed by atoms with Gasteiger partial charge in [-0.05, 0) is 36.6 Å². The molecule has 0 bridgehead atoms. The van der Waals surface area contributed by atoms with Crippen LogP contribution in [0.1, 0.15) is 18.1 Å². The minimum absolute atomic E-state index is 0.840. The van der Waals surface area contributed by atoms with Gasteiger partial charge in [0.15, 0.2) is 0 Å². The van der Waals surface area contributed by atoms with Gasteiger partial charge in [-0.2, -0.15) is 0 Å². The van der Waals surface area contributed by atoms with Crippen LogP contribution in [0, 0.1) is 6.92 Å². The van der Waals surface area contributed by atoms with Gasteiger partial charge in [0.05, 0.1) is 7.11 Å². The summed E-state index contributed by atoms with van der Waals surface area (Å²) in [5, 5.41) is 0. The predicted octanol–water partition coefficient (Wildman–Crippen LogP) is 2.15. The first-order valence-electron chi connectivity index (χ1n) is 4.12. The predicted molar refractivity (Wildman–Crippen MR) is 51.5 cm³/mol. The lowest BCUT2D eigenvalue weighted by Gasteiger charge is -2.09. The number of benzene rings is 1. The van der Waals surface area contributed by atoms with Crippen molar-refractivity contribution in [3.05, 3.63) is 23.3 Å². The summed E-state index contributed by atoms with van der Waals surface area (Å²) in [6.07, 6.45) is 0.952. The first-order chi connectivity index (χ1) is 5.69. The van der Waals surface area contributed by atoms with Gasteiger partial charge >= 0.3 is 0 Å². The van der Waals surface area contributed by atoms with Crippen LogP contribution in [0.15, 0.2) is 12.1 Å². The summed E-state index contributed by atoms with van der Waals surface area (Å²) in [7, 11) is 1.68. The molecule has 2 N–H and O–H groups in total. The van der Waals surface area contributed by atoms with Gasteiger partial charge in [-0.25, -0.2) is 0 Å². The Kier molecular flexibility index (Phi) is 2.58. The van der Waals surface area contributed by atoms with E-state index in [0.717, 1.165) is 23.4 Å². The van der Waals surface area contributed by atoms with Crippen molar-refractivity contribution < 1.29 is 4.74 Å². The van der Waals surface area contributed by atoms with E-state index in [9.17, 15) is 0 Å². The molecular formula is C10H15NO. The van der Waals surface area contributed by atoms with Crippen LogP contribution >= 0.6 is 0 Å². The molecule has 2 heteroatoms. The molecule has 0 aliphatic carbocycles. The molecular weight excluding hydrogens is 150 g/mol. The number of nitrogen functional groups attached to an aromatic ring is 1. The summed E-state index contributed by atoms with van der Waals surface area (Å²) in [5.41, 5.74) is 8.85. The van der Waals surface area contributed by atoms with E-state index in [1.54, 1.807) is 7.11 Å². The third-order valence-electron chi connectivity index (χ3n) is 2.05. The lowest BCUT2D eigenvalue weighted by atomic mass is 10.1. The third-order valence-corrected chi connectivity index (χ3v) is 2.05. The fourth-order valence-corrected chi connectivity index (χ4v) is 1.21. The first-order valence-corrected chi connectivity index (χ1v) is 4.12. The zero-order valence-electron chi connectivity index (χ0n) is 7.85. The summed E-state index contributed by atoms with van der Waals surface area (Å²) in [5.74, 6) is 0.934. The van der Waals surface area contributed by atoms with Crippen LogP contribution in [0.5, 0.6) is 5.75 Å². The van der Waals surface area contributed by atoms with Gasteiger partial charge < -0.3 is 10.5 Å². The monoisotopic (exact) mass is 165 g/mol. The van der Waals surface area contributed by atoms with Crippen LogP contribution in [0.25, 0.3) is 0 Å². The van der Waals surface area contributed by atoms with E-state index in [4.69, 9.17) is 10.5 Å². The largest absolute Gasteiger partial charge is 0.496 e. The van der Waals surface area contributed by atoms with Crippen LogP contribution in [0.2, 0.25) is 0 Å². The summed E-state index contributed by atoms with van der Waals surface area (Å²) in [6, 6.07) is 3.96. The number of hydrogen-bond acceptors (Lipinski definition) is 2. The van der Waals surface area contributed by atoms with E-state index >= 15 is 0 Å². The highest BCUT2D eigenvalue weighted by atomic mass is 16.5. The molecule has 0 spiro atoms. The summed E-state index contributed by atoms with van der Waals surface area (Å²) in [4.78, 5) is 0. The molecule has 1 rings (SSSR count). The number of aryl methyl sites for hydroxylation is 2. The van der Waals surface area contributed by atoms with Crippen molar-refractivity contribution in [2.24, 2.45) is 0 Å². The van der Waals surface area contributed by atoms with Gasteiger partial charge in [0, 0.05) is 5.69 Å². The molecule has 0 atom stereocenters. The van der Waals surface area contributed by atoms with Crippen molar-refractivity contribution >= 4 is 5.69 Å². The van der Waals surface area contributed by atoms with E-state index in [1.165, 1.54) is 5.56 Å². The van der Waals surface area contributed by atoms with E-state index in [2.05, 4.69) is 6.92 Å². The van der Waals surface area contributed by atoms with E-state index < -0.39 is 0 Å². The standard InChI is InChI=1S/C10H15NO/c1-4-8-6-9(11)7(2)5-10(8)12-3/h5-6H,4,11H2,1-3H3. The minimum atomic E-state index is 0.840. The summed E-state index contributed by atoms with van der Waals surface area (Å²) >= 11 is 0. The zero-order valence-corrected chi connectivity index (χ0v) is 7.85. The number of ether oxygens (including phenoxy) is 1. The van der Waals surface area contributed by atoms with Gasteiger partial charge in [-0.15, -0.1) is 0 Å². The molecule has 0 heterocycles. The molecule has 0 fully saturated rings. The van der Waals surface area contributed by atoms with Gasteiger partial charge in [0.1, 0.15) is 5.75 Å². The summed E-state index contributed by atoms with van der Waals surface area (Å²) in [6.45, 7) is 4.07. The van der Waals surface area contributed by atoms with Gasteiger partial charge in [-0.1, -0.05) is 6.92 Å². The van der Waals surface area contributed by atoms with Crippen LogP contribution in [0.3, 0.4) is 0 Å². The molecule has 12 heavy (non-hydrogen) atoms. The second-order valence-electron chi connectivity index (χ2n) is 2.87. The van der Waals surface area contributed by atoms with E-state index in [1.807, 2.05) is 19.1 Å². The Morgan fingerprint density at radius 3 is 2.58 bits per heavy atom. The van der Waals surface area contributed by atoms with Crippen LogP contribution < -0.4 is 10.5 Å². The zero-order chi connectivity index (χ0) is 9.14. The maximum absolute atomic E-state index is 5.76. The molecule has 0 aliphatic rings. The average Bonchev–Trinajstić information content (AvgIpc) is 2.09. The fourth-order valence-electron chi connectivity index (χ4n) is 1.21. The number of hydrogen-bond donors (Lipinski definition) is 1. The maximum atomic E-state index is 5.76. The van der Waals surface area contributed by atoms with Gasteiger partial charge in [-0.3, -0.25) is 0 Å². The first kappa shape index (κ1) is 8.91. The fraction of sp³-hybridized carbons (Fsp3) is 0.400. The molecule has 0 aliphatic heterocycles. The lowest BCUT2D eigenvalue weighted by Crippen LogP contribution is -1.96. The normalized spacial score (nSPS) is 9.92. The van der Waals surface area contributed by atoms with Crippen LogP contribution in [-0.4, -0.2) is 7.11 Å². The highest BCUT2D eigenvalue weighted by molar-refractivity contribution is 5.54. The molecule has 0 radical (unpaired) electrons. The van der Waals surface area contributed by atoms with Crippen LogP contribution in [0.4, 0.5) is 5.69 Å². The Labute approximate surface area is 73.3 Å². The Hall–Kier alpha value is -1.18. The van der Waals surface area contributed by atoms with Crippen molar-refractivity contribution in [1.29, 1.82) is 0 Å². The highest BCUT2D eigenvalue weighted by Crippen LogP contribution is 2.24. The van der Waals surface area contributed by atoms with Crippen molar-refractivity contribution in [2.75, 3.05) is 12.8 Å². The Balaban J connectivity index is 3.19.